The quantitative estimate of drug-likeness (QED) is 0.638. The molecule has 0 aromatic heterocycles. The molecular weight excluding hydrogens is 340 g/mol. The minimum atomic E-state index is 0.0244. The van der Waals surface area contributed by atoms with Gasteiger partial charge in [-0.2, -0.15) is 0 Å². The molecule has 1 atom stereocenters. The molecule has 0 aromatic carbocycles. The number of piperidine rings is 2. The van der Waals surface area contributed by atoms with Gasteiger partial charge in [-0.25, -0.2) is 0 Å². The van der Waals surface area contributed by atoms with Crippen molar-refractivity contribution in [2.24, 2.45) is 17.8 Å². The van der Waals surface area contributed by atoms with Gasteiger partial charge in [0.05, 0.1) is 5.92 Å². The van der Waals surface area contributed by atoms with E-state index < -0.39 is 0 Å². The van der Waals surface area contributed by atoms with E-state index in [1.165, 1.54) is 38.5 Å². The fourth-order valence-electron chi connectivity index (χ4n) is 5.19. The molecule has 1 saturated carbocycles. The molecule has 3 rings (SSSR count). The highest BCUT2D eigenvalue weighted by atomic mass is 16.5. The fourth-order valence-corrected chi connectivity index (χ4v) is 5.19. The molecule has 2 amide bonds. The van der Waals surface area contributed by atoms with Gasteiger partial charge in [0.2, 0.25) is 11.8 Å². The zero-order chi connectivity index (χ0) is 19.1. The van der Waals surface area contributed by atoms with Crippen LogP contribution < -0.4 is 0 Å². The highest BCUT2D eigenvalue weighted by molar-refractivity contribution is 5.84. The zero-order valence-electron chi connectivity index (χ0n) is 17.2. The van der Waals surface area contributed by atoms with Crippen LogP contribution in [0.5, 0.6) is 0 Å². The molecule has 3 aliphatic rings. The summed E-state index contributed by atoms with van der Waals surface area (Å²) >= 11 is 0. The number of amides is 2. The summed E-state index contributed by atoms with van der Waals surface area (Å²) in [6.45, 7) is 4.16. The maximum atomic E-state index is 13.0. The molecule has 5 heteroatoms. The molecule has 2 heterocycles. The third kappa shape index (κ3) is 5.94. The Bertz CT molecular complexity index is 482. The van der Waals surface area contributed by atoms with Crippen molar-refractivity contribution in [2.75, 3.05) is 39.9 Å². The van der Waals surface area contributed by atoms with E-state index in [2.05, 4.69) is 4.90 Å². The summed E-state index contributed by atoms with van der Waals surface area (Å²) in [7, 11) is 1.76. The van der Waals surface area contributed by atoms with Gasteiger partial charge in [-0.3, -0.25) is 9.59 Å². The van der Waals surface area contributed by atoms with E-state index >= 15 is 0 Å². The van der Waals surface area contributed by atoms with Gasteiger partial charge in [0.25, 0.3) is 0 Å². The number of hydrogen-bond donors (Lipinski definition) is 0. The molecule has 154 valence electrons. The van der Waals surface area contributed by atoms with Gasteiger partial charge >= 0.3 is 0 Å². The third-order valence-electron chi connectivity index (χ3n) is 6.94. The van der Waals surface area contributed by atoms with Gasteiger partial charge in [0, 0.05) is 46.3 Å². The van der Waals surface area contributed by atoms with Crippen molar-refractivity contribution in [1.82, 2.24) is 9.80 Å². The molecule has 0 aromatic rings. The van der Waals surface area contributed by atoms with E-state index in [1.54, 1.807) is 7.11 Å². The van der Waals surface area contributed by atoms with Crippen LogP contribution >= 0.6 is 0 Å². The van der Waals surface area contributed by atoms with Crippen LogP contribution in [-0.2, 0) is 14.3 Å². The molecule has 2 aliphatic heterocycles. The van der Waals surface area contributed by atoms with E-state index in [0.717, 1.165) is 57.8 Å². The van der Waals surface area contributed by atoms with Gasteiger partial charge in [0.15, 0.2) is 0 Å². The first-order chi connectivity index (χ1) is 13.2. The summed E-state index contributed by atoms with van der Waals surface area (Å²) in [5.74, 6) is 1.98. The van der Waals surface area contributed by atoms with Crippen LogP contribution in [0.1, 0.15) is 70.6 Å². The Labute approximate surface area is 164 Å². The van der Waals surface area contributed by atoms with Gasteiger partial charge < -0.3 is 14.5 Å². The van der Waals surface area contributed by atoms with E-state index in [1.807, 2.05) is 4.90 Å². The number of nitrogens with zero attached hydrogens (tertiary/aromatic N) is 2. The molecule has 0 unspecified atom stereocenters. The molecule has 5 nitrogen and oxygen atoms in total. The Morgan fingerprint density at radius 1 is 1.04 bits per heavy atom. The normalized spacial score (nSPS) is 25.8. The van der Waals surface area contributed by atoms with Crippen molar-refractivity contribution in [3.05, 3.63) is 0 Å². The average molecular weight is 379 g/mol. The van der Waals surface area contributed by atoms with Crippen molar-refractivity contribution >= 4 is 11.8 Å². The minimum Gasteiger partial charge on any atom is -0.385 e. The molecule has 0 spiro atoms. The first kappa shape index (κ1) is 20.6. The first-order valence-corrected chi connectivity index (χ1v) is 11.2. The number of carbonyl (C=O) groups excluding carboxylic acids is 2. The number of hydrogen-bond acceptors (Lipinski definition) is 3. The maximum Gasteiger partial charge on any atom is 0.227 e. The van der Waals surface area contributed by atoms with Crippen molar-refractivity contribution < 1.29 is 14.3 Å². The maximum absolute atomic E-state index is 13.0. The van der Waals surface area contributed by atoms with E-state index in [9.17, 15) is 9.59 Å². The number of methoxy groups -OCH3 is 1. The first-order valence-electron chi connectivity index (χ1n) is 11.2. The Hall–Kier alpha value is -1.10. The van der Waals surface area contributed by atoms with Crippen molar-refractivity contribution in [2.45, 2.75) is 70.6 Å². The Balaban J connectivity index is 1.44. The number of carbonyl (C=O) groups is 2. The van der Waals surface area contributed by atoms with Crippen molar-refractivity contribution in [3.8, 4) is 0 Å². The van der Waals surface area contributed by atoms with Crippen molar-refractivity contribution in [3.63, 3.8) is 0 Å². The Morgan fingerprint density at radius 3 is 2.48 bits per heavy atom. The van der Waals surface area contributed by atoms with Crippen molar-refractivity contribution in [1.29, 1.82) is 0 Å². The van der Waals surface area contributed by atoms with E-state index in [-0.39, 0.29) is 11.8 Å². The summed E-state index contributed by atoms with van der Waals surface area (Å²) in [5, 5.41) is 0. The molecule has 2 saturated heterocycles. The molecule has 27 heavy (non-hydrogen) atoms. The lowest BCUT2D eigenvalue weighted by Gasteiger charge is -2.39. The number of likely N-dealkylation sites (tertiary alicyclic amines) is 2. The standard InChI is InChI=1S/C22H38N2O3/c1-27-15-5-8-18-11-13-23(14-12-18)22(26)20-9-10-21(25)24(17-20)16-19-6-3-2-4-7-19/h18-20H,2-17H2,1H3/t20-/m0/s1. The predicted molar refractivity (Wildman–Crippen MR) is 106 cm³/mol. The summed E-state index contributed by atoms with van der Waals surface area (Å²) in [4.78, 5) is 29.5. The van der Waals surface area contributed by atoms with Gasteiger partial charge in [0.1, 0.15) is 0 Å². The van der Waals surface area contributed by atoms with E-state index in [4.69, 9.17) is 4.74 Å². The topological polar surface area (TPSA) is 49.9 Å². The summed E-state index contributed by atoms with van der Waals surface area (Å²) in [5.41, 5.74) is 0. The second kappa shape index (κ2) is 10.4. The van der Waals surface area contributed by atoms with Crippen LogP contribution in [0.2, 0.25) is 0 Å². The highest BCUT2D eigenvalue weighted by Gasteiger charge is 2.34. The second-order valence-corrected chi connectivity index (χ2v) is 8.94. The van der Waals surface area contributed by atoms with Crippen LogP contribution in [0.15, 0.2) is 0 Å². The average Bonchev–Trinajstić information content (AvgIpc) is 2.71. The largest absolute Gasteiger partial charge is 0.385 e. The molecule has 1 aliphatic carbocycles. The third-order valence-corrected chi connectivity index (χ3v) is 6.94. The second-order valence-electron chi connectivity index (χ2n) is 8.94. The smallest absolute Gasteiger partial charge is 0.227 e. The summed E-state index contributed by atoms with van der Waals surface area (Å²) < 4.78 is 5.15. The lowest BCUT2D eigenvalue weighted by atomic mass is 9.87. The van der Waals surface area contributed by atoms with Crippen LogP contribution in [0.25, 0.3) is 0 Å². The van der Waals surface area contributed by atoms with Gasteiger partial charge in [-0.15, -0.1) is 0 Å². The van der Waals surface area contributed by atoms with Crippen LogP contribution in [-0.4, -0.2) is 61.5 Å². The number of rotatable bonds is 7. The molecule has 0 bridgehead atoms. The SMILES string of the molecule is COCCCC1CCN(C(=O)[C@H]2CCC(=O)N(CC3CCCCC3)C2)CC1. The van der Waals surface area contributed by atoms with Gasteiger partial charge in [-0.1, -0.05) is 19.3 Å². The Morgan fingerprint density at radius 2 is 1.78 bits per heavy atom. The minimum absolute atomic E-state index is 0.0244. The van der Waals surface area contributed by atoms with Crippen LogP contribution in [0, 0.1) is 17.8 Å². The molecule has 0 radical (unpaired) electrons. The predicted octanol–water partition coefficient (Wildman–Crippen LogP) is 3.47. The monoisotopic (exact) mass is 378 g/mol. The molecule has 0 N–H and O–H groups in total. The van der Waals surface area contributed by atoms with Crippen LogP contribution in [0.4, 0.5) is 0 Å². The summed E-state index contributed by atoms with van der Waals surface area (Å²) in [6.07, 6.45) is 12.3. The highest BCUT2D eigenvalue weighted by Crippen LogP contribution is 2.29. The molecular formula is C22H38N2O3. The lowest BCUT2D eigenvalue weighted by Crippen LogP contribution is -2.49. The van der Waals surface area contributed by atoms with Crippen LogP contribution in [0.3, 0.4) is 0 Å². The fraction of sp³-hybridized carbons (Fsp3) is 0.909. The number of ether oxygens (including phenoxy) is 1. The molecule has 3 fully saturated rings. The van der Waals surface area contributed by atoms with E-state index in [0.29, 0.717) is 24.8 Å². The Kier molecular flexibility index (Phi) is 7.98. The zero-order valence-corrected chi connectivity index (χ0v) is 17.2. The lowest BCUT2D eigenvalue weighted by molar-refractivity contribution is -0.144. The summed E-state index contributed by atoms with van der Waals surface area (Å²) in [6, 6.07) is 0. The van der Waals surface area contributed by atoms with Gasteiger partial charge in [-0.05, 0) is 56.8 Å².